The predicted molar refractivity (Wildman–Crippen MR) is 124 cm³/mol. The largest absolute Gasteiger partial charge is 0.494 e. The number of imidazole rings is 1. The monoisotopic (exact) mass is 416 g/mol. The Hall–Kier alpha value is -3.47. The lowest BCUT2D eigenvalue weighted by molar-refractivity contribution is 0.302. The normalized spacial score (nSPS) is 11.0. The molecule has 5 heteroatoms. The SMILES string of the molecule is COc1ccc(-c2nc3ccccc3n2CCCOc2ccc(C)c(C)c2)cc1OC. The second-order valence-electron chi connectivity index (χ2n) is 7.59. The van der Waals surface area contributed by atoms with Crippen LogP contribution in [0.2, 0.25) is 0 Å². The van der Waals surface area contributed by atoms with Crippen LogP contribution in [0.15, 0.2) is 60.7 Å². The van der Waals surface area contributed by atoms with E-state index in [-0.39, 0.29) is 0 Å². The highest BCUT2D eigenvalue weighted by Crippen LogP contribution is 2.33. The highest BCUT2D eigenvalue weighted by atomic mass is 16.5. The van der Waals surface area contributed by atoms with Gasteiger partial charge in [-0.3, -0.25) is 0 Å². The molecule has 0 aliphatic heterocycles. The summed E-state index contributed by atoms with van der Waals surface area (Å²) in [6.07, 6.45) is 0.869. The van der Waals surface area contributed by atoms with Crippen molar-refractivity contribution in [2.75, 3.05) is 20.8 Å². The van der Waals surface area contributed by atoms with E-state index in [1.807, 2.05) is 42.5 Å². The van der Waals surface area contributed by atoms with E-state index in [0.717, 1.165) is 41.1 Å². The molecule has 1 aromatic heterocycles. The van der Waals surface area contributed by atoms with Crippen LogP contribution < -0.4 is 14.2 Å². The summed E-state index contributed by atoms with van der Waals surface area (Å²) in [7, 11) is 3.29. The van der Waals surface area contributed by atoms with Gasteiger partial charge in [0.15, 0.2) is 11.5 Å². The molecule has 1 heterocycles. The minimum Gasteiger partial charge on any atom is -0.494 e. The van der Waals surface area contributed by atoms with Crippen molar-refractivity contribution in [1.29, 1.82) is 0 Å². The van der Waals surface area contributed by atoms with Crippen LogP contribution in [-0.2, 0) is 6.54 Å². The number of ether oxygens (including phenoxy) is 3. The molecule has 160 valence electrons. The first kappa shape index (κ1) is 20.8. The van der Waals surface area contributed by atoms with E-state index in [2.05, 4.69) is 36.6 Å². The first-order valence-electron chi connectivity index (χ1n) is 10.5. The molecule has 0 unspecified atom stereocenters. The number of para-hydroxylation sites is 2. The molecule has 0 radical (unpaired) electrons. The zero-order chi connectivity index (χ0) is 21.8. The van der Waals surface area contributed by atoms with Crippen LogP contribution in [0.1, 0.15) is 17.5 Å². The van der Waals surface area contributed by atoms with Crippen molar-refractivity contribution in [1.82, 2.24) is 9.55 Å². The van der Waals surface area contributed by atoms with Gasteiger partial charge in [-0.05, 0) is 73.9 Å². The quantitative estimate of drug-likeness (QED) is 0.340. The first-order valence-corrected chi connectivity index (χ1v) is 10.5. The van der Waals surface area contributed by atoms with Gasteiger partial charge in [-0.1, -0.05) is 18.2 Å². The molecule has 0 N–H and O–H groups in total. The van der Waals surface area contributed by atoms with E-state index < -0.39 is 0 Å². The van der Waals surface area contributed by atoms with Gasteiger partial charge in [-0.2, -0.15) is 0 Å². The van der Waals surface area contributed by atoms with Crippen molar-refractivity contribution < 1.29 is 14.2 Å². The summed E-state index contributed by atoms with van der Waals surface area (Å²) in [4.78, 5) is 4.90. The van der Waals surface area contributed by atoms with Gasteiger partial charge in [0.05, 0.1) is 31.9 Å². The van der Waals surface area contributed by atoms with E-state index in [9.17, 15) is 0 Å². The zero-order valence-electron chi connectivity index (χ0n) is 18.5. The summed E-state index contributed by atoms with van der Waals surface area (Å²) in [5.74, 6) is 3.22. The predicted octanol–water partition coefficient (Wildman–Crippen LogP) is 5.81. The van der Waals surface area contributed by atoms with Crippen LogP contribution in [0.5, 0.6) is 17.2 Å². The highest BCUT2D eigenvalue weighted by Gasteiger charge is 2.15. The van der Waals surface area contributed by atoms with E-state index in [0.29, 0.717) is 18.1 Å². The summed E-state index contributed by atoms with van der Waals surface area (Å²) in [5, 5.41) is 0. The summed E-state index contributed by atoms with van der Waals surface area (Å²) in [5.41, 5.74) is 5.59. The Bertz CT molecular complexity index is 1200. The molecule has 0 saturated heterocycles. The molecule has 0 bridgehead atoms. The topological polar surface area (TPSA) is 45.5 Å². The third kappa shape index (κ3) is 4.36. The number of aryl methyl sites for hydroxylation is 3. The van der Waals surface area contributed by atoms with Crippen molar-refractivity contribution in [3.8, 4) is 28.6 Å². The lowest BCUT2D eigenvalue weighted by atomic mass is 10.1. The van der Waals surface area contributed by atoms with Gasteiger partial charge < -0.3 is 18.8 Å². The van der Waals surface area contributed by atoms with Gasteiger partial charge >= 0.3 is 0 Å². The van der Waals surface area contributed by atoms with Crippen molar-refractivity contribution in [3.05, 3.63) is 71.8 Å². The molecular formula is C26H28N2O3. The maximum Gasteiger partial charge on any atom is 0.161 e. The average molecular weight is 417 g/mol. The summed E-state index contributed by atoms with van der Waals surface area (Å²) < 4.78 is 19.1. The Balaban J connectivity index is 1.57. The fourth-order valence-corrected chi connectivity index (χ4v) is 3.71. The average Bonchev–Trinajstić information content (AvgIpc) is 3.17. The second-order valence-corrected chi connectivity index (χ2v) is 7.59. The Morgan fingerprint density at radius 2 is 1.65 bits per heavy atom. The fraction of sp³-hybridized carbons (Fsp3) is 0.269. The number of methoxy groups -OCH3 is 2. The molecular weight excluding hydrogens is 388 g/mol. The molecule has 0 amide bonds. The number of nitrogens with zero attached hydrogens (tertiary/aromatic N) is 2. The number of benzene rings is 3. The van der Waals surface area contributed by atoms with Crippen LogP contribution in [0.25, 0.3) is 22.4 Å². The second kappa shape index (κ2) is 9.13. The Morgan fingerprint density at radius 1 is 0.839 bits per heavy atom. The third-order valence-corrected chi connectivity index (χ3v) is 5.57. The fourth-order valence-electron chi connectivity index (χ4n) is 3.71. The van der Waals surface area contributed by atoms with Crippen LogP contribution in [0, 0.1) is 13.8 Å². The lowest BCUT2D eigenvalue weighted by Gasteiger charge is -2.13. The third-order valence-electron chi connectivity index (χ3n) is 5.57. The first-order chi connectivity index (χ1) is 15.1. The maximum absolute atomic E-state index is 5.99. The molecule has 31 heavy (non-hydrogen) atoms. The summed E-state index contributed by atoms with van der Waals surface area (Å²) in [6.45, 7) is 5.66. The summed E-state index contributed by atoms with van der Waals surface area (Å²) >= 11 is 0. The van der Waals surface area contributed by atoms with Crippen LogP contribution in [0.4, 0.5) is 0 Å². The van der Waals surface area contributed by atoms with Crippen molar-refractivity contribution in [2.24, 2.45) is 0 Å². The number of hydrogen-bond acceptors (Lipinski definition) is 4. The van der Waals surface area contributed by atoms with Gasteiger partial charge in [0.2, 0.25) is 0 Å². The molecule has 4 aromatic rings. The molecule has 0 aliphatic carbocycles. The van der Waals surface area contributed by atoms with Gasteiger partial charge in [-0.25, -0.2) is 4.98 Å². The van der Waals surface area contributed by atoms with Crippen molar-refractivity contribution in [2.45, 2.75) is 26.8 Å². The van der Waals surface area contributed by atoms with E-state index in [4.69, 9.17) is 19.2 Å². The van der Waals surface area contributed by atoms with Crippen LogP contribution in [0.3, 0.4) is 0 Å². The molecule has 3 aromatic carbocycles. The maximum atomic E-state index is 5.99. The Kier molecular flexibility index (Phi) is 6.12. The van der Waals surface area contributed by atoms with Gasteiger partial charge in [0.1, 0.15) is 11.6 Å². The molecule has 4 rings (SSSR count). The van der Waals surface area contributed by atoms with E-state index in [1.165, 1.54) is 11.1 Å². The Morgan fingerprint density at radius 3 is 2.42 bits per heavy atom. The molecule has 0 atom stereocenters. The van der Waals surface area contributed by atoms with E-state index in [1.54, 1.807) is 14.2 Å². The number of rotatable bonds is 8. The minimum atomic E-state index is 0.639. The van der Waals surface area contributed by atoms with Crippen LogP contribution >= 0.6 is 0 Å². The number of aromatic nitrogens is 2. The van der Waals surface area contributed by atoms with Crippen molar-refractivity contribution >= 4 is 11.0 Å². The molecule has 0 saturated carbocycles. The molecule has 5 nitrogen and oxygen atoms in total. The highest BCUT2D eigenvalue weighted by molar-refractivity contribution is 5.81. The standard InChI is InChI=1S/C26H28N2O3/c1-18-10-12-21(16-19(18)2)31-15-7-14-28-23-9-6-5-8-22(23)27-26(28)20-11-13-24(29-3)25(17-20)30-4/h5-6,8-13,16-17H,7,14-15H2,1-4H3. The minimum absolute atomic E-state index is 0.639. The lowest BCUT2D eigenvalue weighted by Crippen LogP contribution is -2.06. The van der Waals surface area contributed by atoms with E-state index >= 15 is 0 Å². The van der Waals surface area contributed by atoms with Crippen LogP contribution in [-0.4, -0.2) is 30.4 Å². The molecule has 0 fully saturated rings. The Labute approximate surface area is 183 Å². The van der Waals surface area contributed by atoms with Gasteiger partial charge in [-0.15, -0.1) is 0 Å². The van der Waals surface area contributed by atoms with Gasteiger partial charge in [0.25, 0.3) is 0 Å². The van der Waals surface area contributed by atoms with Crippen molar-refractivity contribution in [3.63, 3.8) is 0 Å². The number of fused-ring (bicyclic) bond motifs is 1. The number of hydrogen-bond donors (Lipinski definition) is 0. The zero-order valence-corrected chi connectivity index (χ0v) is 18.5. The molecule has 0 spiro atoms. The van der Waals surface area contributed by atoms with Gasteiger partial charge in [0, 0.05) is 12.1 Å². The smallest absolute Gasteiger partial charge is 0.161 e. The summed E-state index contributed by atoms with van der Waals surface area (Å²) in [6, 6.07) is 20.3. The molecule has 0 aliphatic rings.